The average molecular weight is 256 g/mol. The quantitative estimate of drug-likeness (QED) is 0.900. The third-order valence-electron chi connectivity index (χ3n) is 3.88. The summed E-state index contributed by atoms with van der Waals surface area (Å²) in [6.07, 6.45) is 5.06. The fraction of sp³-hybridized carbons (Fsp3) is 0.400. The zero-order valence-electron chi connectivity index (χ0n) is 11.3. The maximum absolute atomic E-state index is 5.95. The molecular formula is C15H20N4. The van der Waals surface area contributed by atoms with E-state index in [2.05, 4.69) is 40.5 Å². The Morgan fingerprint density at radius 3 is 2.79 bits per heavy atom. The summed E-state index contributed by atoms with van der Waals surface area (Å²) in [5.41, 5.74) is 10.1. The van der Waals surface area contributed by atoms with Gasteiger partial charge in [0.1, 0.15) is 0 Å². The van der Waals surface area contributed by atoms with E-state index in [1.165, 1.54) is 16.7 Å². The second kappa shape index (κ2) is 5.15. The SMILES string of the molecule is Cn1cc(CN2Cc3ccccc3CC2CN)cn1. The molecule has 2 heterocycles. The molecule has 0 saturated heterocycles. The molecule has 0 spiro atoms. The molecule has 0 saturated carbocycles. The lowest BCUT2D eigenvalue weighted by atomic mass is 9.94. The second-order valence-electron chi connectivity index (χ2n) is 5.29. The van der Waals surface area contributed by atoms with E-state index in [4.69, 9.17) is 5.73 Å². The predicted molar refractivity (Wildman–Crippen MR) is 75.4 cm³/mol. The highest BCUT2D eigenvalue weighted by Crippen LogP contribution is 2.24. The lowest BCUT2D eigenvalue weighted by molar-refractivity contribution is 0.167. The number of nitrogens with two attached hydrogens (primary N) is 1. The minimum Gasteiger partial charge on any atom is -0.329 e. The molecule has 3 rings (SSSR count). The normalized spacial score (nSPS) is 19.4. The van der Waals surface area contributed by atoms with Crippen molar-refractivity contribution in [2.75, 3.05) is 6.54 Å². The summed E-state index contributed by atoms with van der Waals surface area (Å²) in [4.78, 5) is 2.46. The molecule has 2 N–H and O–H groups in total. The minimum absolute atomic E-state index is 0.426. The monoisotopic (exact) mass is 256 g/mol. The standard InChI is InChI=1S/C15H20N4/c1-18-9-12(8-17-18)10-19-11-14-5-3-2-4-13(14)6-15(19)7-16/h2-5,8-9,15H,6-7,10-11,16H2,1H3. The van der Waals surface area contributed by atoms with Crippen molar-refractivity contribution < 1.29 is 0 Å². The van der Waals surface area contributed by atoms with Crippen LogP contribution in [0.4, 0.5) is 0 Å². The van der Waals surface area contributed by atoms with E-state index >= 15 is 0 Å². The third-order valence-corrected chi connectivity index (χ3v) is 3.88. The molecule has 0 aliphatic carbocycles. The van der Waals surface area contributed by atoms with Crippen molar-refractivity contribution in [3.05, 3.63) is 53.3 Å². The summed E-state index contributed by atoms with van der Waals surface area (Å²) in [5.74, 6) is 0. The predicted octanol–water partition coefficient (Wildman–Crippen LogP) is 1.31. The Kier molecular flexibility index (Phi) is 3.36. The summed E-state index contributed by atoms with van der Waals surface area (Å²) in [7, 11) is 1.95. The molecule has 0 fully saturated rings. The zero-order valence-corrected chi connectivity index (χ0v) is 11.3. The van der Waals surface area contributed by atoms with Crippen LogP contribution < -0.4 is 5.73 Å². The number of aromatic nitrogens is 2. The molecule has 1 aliphatic heterocycles. The van der Waals surface area contributed by atoms with Crippen molar-refractivity contribution in [1.29, 1.82) is 0 Å². The van der Waals surface area contributed by atoms with Crippen molar-refractivity contribution in [1.82, 2.24) is 14.7 Å². The van der Waals surface area contributed by atoms with Crippen LogP contribution in [-0.2, 0) is 26.6 Å². The third kappa shape index (κ3) is 2.55. The second-order valence-corrected chi connectivity index (χ2v) is 5.29. The Bertz CT molecular complexity index is 561. The van der Waals surface area contributed by atoms with Gasteiger partial charge in [-0.05, 0) is 17.5 Å². The van der Waals surface area contributed by atoms with Crippen molar-refractivity contribution in [3.8, 4) is 0 Å². The van der Waals surface area contributed by atoms with Crippen LogP contribution in [0, 0.1) is 0 Å². The van der Waals surface area contributed by atoms with E-state index in [9.17, 15) is 0 Å². The first-order valence-corrected chi connectivity index (χ1v) is 6.74. The summed E-state index contributed by atoms with van der Waals surface area (Å²) in [5, 5.41) is 4.24. The van der Waals surface area contributed by atoms with Crippen molar-refractivity contribution in [2.45, 2.75) is 25.6 Å². The number of benzene rings is 1. The molecule has 1 aliphatic rings. The van der Waals surface area contributed by atoms with Gasteiger partial charge in [-0.1, -0.05) is 24.3 Å². The highest BCUT2D eigenvalue weighted by Gasteiger charge is 2.24. The number of hydrogen-bond acceptors (Lipinski definition) is 3. The van der Waals surface area contributed by atoms with Gasteiger partial charge in [-0.25, -0.2) is 0 Å². The van der Waals surface area contributed by atoms with Crippen molar-refractivity contribution in [3.63, 3.8) is 0 Å². The van der Waals surface area contributed by atoms with Crippen LogP contribution in [0.5, 0.6) is 0 Å². The van der Waals surface area contributed by atoms with Crippen LogP contribution in [0.2, 0.25) is 0 Å². The average Bonchev–Trinajstić information content (AvgIpc) is 2.83. The fourth-order valence-electron chi connectivity index (χ4n) is 2.85. The summed E-state index contributed by atoms with van der Waals surface area (Å²) >= 11 is 0. The lowest BCUT2D eigenvalue weighted by Crippen LogP contribution is -2.44. The number of nitrogens with zero attached hydrogens (tertiary/aromatic N) is 3. The highest BCUT2D eigenvalue weighted by atomic mass is 15.2. The van der Waals surface area contributed by atoms with Gasteiger partial charge < -0.3 is 5.73 Å². The minimum atomic E-state index is 0.426. The Balaban J connectivity index is 1.81. The van der Waals surface area contributed by atoms with Crippen LogP contribution in [0.15, 0.2) is 36.7 Å². The van der Waals surface area contributed by atoms with Crippen LogP contribution in [0.1, 0.15) is 16.7 Å². The number of aryl methyl sites for hydroxylation is 1. The molecule has 19 heavy (non-hydrogen) atoms. The Morgan fingerprint density at radius 1 is 1.32 bits per heavy atom. The summed E-state index contributed by atoms with van der Waals surface area (Å²) in [6, 6.07) is 9.10. The maximum Gasteiger partial charge on any atom is 0.0534 e. The van der Waals surface area contributed by atoms with E-state index < -0.39 is 0 Å². The molecule has 0 amide bonds. The van der Waals surface area contributed by atoms with Gasteiger partial charge in [0, 0.05) is 44.5 Å². The van der Waals surface area contributed by atoms with Gasteiger partial charge in [0.15, 0.2) is 0 Å². The molecule has 1 unspecified atom stereocenters. The van der Waals surface area contributed by atoms with Crippen LogP contribution >= 0.6 is 0 Å². The van der Waals surface area contributed by atoms with Gasteiger partial charge in [-0.15, -0.1) is 0 Å². The molecule has 1 aromatic carbocycles. The Morgan fingerprint density at radius 2 is 2.11 bits per heavy atom. The van der Waals surface area contributed by atoms with E-state index in [0.717, 1.165) is 19.5 Å². The lowest BCUT2D eigenvalue weighted by Gasteiger charge is -2.36. The molecule has 100 valence electrons. The van der Waals surface area contributed by atoms with Gasteiger partial charge in [-0.3, -0.25) is 9.58 Å². The molecule has 0 radical (unpaired) electrons. The van der Waals surface area contributed by atoms with Crippen LogP contribution in [0.25, 0.3) is 0 Å². The Labute approximate surface area is 113 Å². The molecule has 0 bridgehead atoms. The zero-order chi connectivity index (χ0) is 13.2. The number of rotatable bonds is 3. The van der Waals surface area contributed by atoms with Crippen LogP contribution in [0.3, 0.4) is 0 Å². The largest absolute Gasteiger partial charge is 0.329 e. The van der Waals surface area contributed by atoms with Crippen LogP contribution in [-0.4, -0.2) is 27.3 Å². The molecule has 1 aromatic heterocycles. The highest BCUT2D eigenvalue weighted by molar-refractivity contribution is 5.30. The molecular weight excluding hydrogens is 236 g/mol. The smallest absolute Gasteiger partial charge is 0.0534 e. The van der Waals surface area contributed by atoms with E-state index in [0.29, 0.717) is 12.6 Å². The maximum atomic E-state index is 5.95. The fourth-order valence-corrected chi connectivity index (χ4v) is 2.85. The molecule has 4 nitrogen and oxygen atoms in total. The first-order valence-electron chi connectivity index (χ1n) is 6.74. The first kappa shape index (κ1) is 12.4. The van der Waals surface area contributed by atoms with Gasteiger partial charge in [0.05, 0.1) is 6.20 Å². The summed E-state index contributed by atoms with van der Waals surface area (Å²) < 4.78 is 1.85. The molecule has 2 aromatic rings. The molecule has 1 atom stereocenters. The van der Waals surface area contributed by atoms with Gasteiger partial charge in [0.25, 0.3) is 0 Å². The topological polar surface area (TPSA) is 47.1 Å². The summed E-state index contributed by atoms with van der Waals surface area (Å²) in [6.45, 7) is 2.60. The van der Waals surface area contributed by atoms with E-state index in [1.54, 1.807) is 0 Å². The first-order chi connectivity index (χ1) is 9.26. The van der Waals surface area contributed by atoms with Gasteiger partial charge >= 0.3 is 0 Å². The molecule has 4 heteroatoms. The van der Waals surface area contributed by atoms with E-state index in [-0.39, 0.29) is 0 Å². The number of fused-ring (bicyclic) bond motifs is 1. The van der Waals surface area contributed by atoms with Crippen molar-refractivity contribution >= 4 is 0 Å². The van der Waals surface area contributed by atoms with Gasteiger partial charge in [-0.2, -0.15) is 5.10 Å². The number of hydrogen-bond donors (Lipinski definition) is 1. The van der Waals surface area contributed by atoms with Crippen molar-refractivity contribution in [2.24, 2.45) is 12.8 Å². The van der Waals surface area contributed by atoms with Gasteiger partial charge in [0.2, 0.25) is 0 Å². The Hall–Kier alpha value is -1.65. The van der Waals surface area contributed by atoms with E-state index in [1.807, 2.05) is 17.9 Å².